The number of nitrogens with zero attached hydrogens (tertiary/aromatic N) is 2. The van der Waals surface area contributed by atoms with Gasteiger partial charge in [0.25, 0.3) is 5.22 Å². The summed E-state index contributed by atoms with van der Waals surface area (Å²) in [6, 6.07) is 15.2. The summed E-state index contributed by atoms with van der Waals surface area (Å²) in [5, 5.41) is 1.09. The van der Waals surface area contributed by atoms with Crippen molar-refractivity contribution in [2.45, 2.75) is 11.8 Å². The Kier molecular flexibility index (Phi) is 4.88. The molecule has 3 aromatic rings. The van der Waals surface area contributed by atoms with Crippen LogP contribution in [0, 0.1) is 0 Å². The molecule has 0 aliphatic carbocycles. The first-order valence-electron chi connectivity index (χ1n) is 7.08. The average Bonchev–Trinajstić information content (AvgIpc) is 2.95. The lowest BCUT2D eigenvalue weighted by Crippen LogP contribution is -2.27. The molecule has 1 aromatic heterocycles. The molecule has 1 amide bonds. The van der Waals surface area contributed by atoms with E-state index in [2.05, 4.69) is 4.98 Å². The van der Waals surface area contributed by atoms with Crippen LogP contribution in [-0.4, -0.2) is 28.6 Å². The summed E-state index contributed by atoms with van der Waals surface area (Å²) in [6.07, 6.45) is 0. The number of aromatic nitrogens is 1. The van der Waals surface area contributed by atoms with Crippen molar-refractivity contribution >= 4 is 40.4 Å². The van der Waals surface area contributed by atoms with E-state index in [1.165, 1.54) is 11.8 Å². The SMILES string of the molecule is CN(Cc1ccccc1)C(=O)CSc1nc2cc(Cl)ccc2o1. The highest BCUT2D eigenvalue weighted by Gasteiger charge is 2.13. The monoisotopic (exact) mass is 346 g/mol. The molecule has 23 heavy (non-hydrogen) atoms. The van der Waals surface area contributed by atoms with Crippen LogP contribution in [0.4, 0.5) is 0 Å². The van der Waals surface area contributed by atoms with Crippen LogP contribution in [0.2, 0.25) is 5.02 Å². The lowest BCUT2D eigenvalue weighted by molar-refractivity contribution is -0.127. The van der Waals surface area contributed by atoms with Crippen LogP contribution in [-0.2, 0) is 11.3 Å². The molecule has 3 rings (SSSR count). The van der Waals surface area contributed by atoms with E-state index >= 15 is 0 Å². The van der Waals surface area contributed by atoms with Gasteiger partial charge >= 0.3 is 0 Å². The zero-order valence-electron chi connectivity index (χ0n) is 12.5. The van der Waals surface area contributed by atoms with Gasteiger partial charge in [-0.15, -0.1) is 0 Å². The number of oxazole rings is 1. The van der Waals surface area contributed by atoms with Gasteiger partial charge in [0.15, 0.2) is 5.58 Å². The molecule has 0 unspecified atom stereocenters. The molecule has 118 valence electrons. The molecule has 6 heteroatoms. The first-order valence-corrected chi connectivity index (χ1v) is 8.45. The Morgan fingerprint density at radius 3 is 2.83 bits per heavy atom. The molecule has 2 aromatic carbocycles. The number of halogens is 1. The van der Waals surface area contributed by atoms with Gasteiger partial charge in [0.05, 0.1) is 5.75 Å². The van der Waals surface area contributed by atoms with E-state index in [1.807, 2.05) is 30.3 Å². The van der Waals surface area contributed by atoms with Gasteiger partial charge in [-0.25, -0.2) is 4.98 Å². The quantitative estimate of drug-likeness (QED) is 0.648. The molecule has 1 heterocycles. The van der Waals surface area contributed by atoms with E-state index in [1.54, 1.807) is 30.1 Å². The maximum Gasteiger partial charge on any atom is 0.257 e. The summed E-state index contributed by atoms with van der Waals surface area (Å²) >= 11 is 7.21. The fourth-order valence-electron chi connectivity index (χ4n) is 2.12. The van der Waals surface area contributed by atoms with Crippen LogP contribution in [0.1, 0.15) is 5.56 Å². The largest absolute Gasteiger partial charge is 0.431 e. The molecule has 0 fully saturated rings. The highest BCUT2D eigenvalue weighted by atomic mass is 35.5. The Hall–Kier alpha value is -1.98. The molecule has 0 spiro atoms. The fourth-order valence-corrected chi connectivity index (χ4v) is 3.07. The van der Waals surface area contributed by atoms with Gasteiger partial charge < -0.3 is 9.32 Å². The maximum absolute atomic E-state index is 12.2. The molecule has 0 radical (unpaired) electrons. The van der Waals surface area contributed by atoms with Crippen LogP contribution in [0.5, 0.6) is 0 Å². The minimum Gasteiger partial charge on any atom is -0.431 e. The summed E-state index contributed by atoms with van der Waals surface area (Å²) < 4.78 is 5.59. The van der Waals surface area contributed by atoms with Crippen LogP contribution in [0.3, 0.4) is 0 Å². The number of hydrogen-bond acceptors (Lipinski definition) is 4. The smallest absolute Gasteiger partial charge is 0.257 e. The van der Waals surface area contributed by atoms with Gasteiger partial charge in [0, 0.05) is 18.6 Å². The Bertz CT molecular complexity index is 820. The van der Waals surface area contributed by atoms with E-state index in [0.717, 1.165) is 5.56 Å². The molecular formula is C17H15ClN2O2S. The van der Waals surface area contributed by atoms with Crippen molar-refractivity contribution in [1.82, 2.24) is 9.88 Å². The van der Waals surface area contributed by atoms with E-state index in [4.69, 9.17) is 16.0 Å². The molecule has 0 N–H and O–H groups in total. The van der Waals surface area contributed by atoms with Crippen LogP contribution in [0.15, 0.2) is 58.2 Å². The van der Waals surface area contributed by atoms with Crippen molar-refractivity contribution in [3.05, 3.63) is 59.1 Å². The number of hydrogen-bond donors (Lipinski definition) is 0. The average molecular weight is 347 g/mol. The predicted octanol–water partition coefficient (Wildman–Crippen LogP) is 4.23. The Morgan fingerprint density at radius 2 is 2.04 bits per heavy atom. The van der Waals surface area contributed by atoms with E-state index in [0.29, 0.717) is 27.9 Å². The van der Waals surface area contributed by atoms with Crippen molar-refractivity contribution < 1.29 is 9.21 Å². The zero-order chi connectivity index (χ0) is 16.2. The fraction of sp³-hybridized carbons (Fsp3) is 0.176. The molecule has 0 bridgehead atoms. The Labute approximate surface area is 143 Å². The second-order valence-electron chi connectivity index (χ2n) is 5.12. The first kappa shape index (κ1) is 15.9. The van der Waals surface area contributed by atoms with Gasteiger partial charge in [-0.3, -0.25) is 4.79 Å². The van der Waals surface area contributed by atoms with Gasteiger partial charge in [-0.1, -0.05) is 53.7 Å². The number of rotatable bonds is 5. The van der Waals surface area contributed by atoms with E-state index in [9.17, 15) is 4.79 Å². The van der Waals surface area contributed by atoms with Crippen molar-refractivity contribution in [1.29, 1.82) is 0 Å². The minimum absolute atomic E-state index is 0.0270. The summed E-state index contributed by atoms with van der Waals surface area (Å²) in [6.45, 7) is 0.587. The first-order chi connectivity index (χ1) is 11.1. The number of benzene rings is 2. The second kappa shape index (κ2) is 7.06. The molecule has 0 saturated carbocycles. The zero-order valence-corrected chi connectivity index (χ0v) is 14.1. The minimum atomic E-state index is 0.0270. The van der Waals surface area contributed by atoms with Crippen LogP contribution >= 0.6 is 23.4 Å². The topological polar surface area (TPSA) is 46.3 Å². The molecule has 0 saturated heterocycles. The summed E-state index contributed by atoms with van der Waals surface area (Å²) in [4.78, 5) is 18.2. The number of thioether (sulfide) groups is 1. The van der Waals surface area contributed by atoms with Gasteiger partial charge in [0.2, 0.25) is 5.91 Å². The second-order valence-corrected chi connectivity index (χ2v) is 6.48. The maximum atomic E-state index is 12.2. The molecule has 0 aliphatic rings. The van der Waals surface area contributed by atoms with Crippen molar-refractivity contribution in [3.63, 3.8) is 0 Å². The van der Waals surface area contributed by atoms with E-state index in [-0.39, 0.29) is 11.7 Å². The molecular weight excluding hydrogens is 332 g/mol. The standard InChI is InChI=1S/C17H15ClN2O2S/c1-20(10-12-5-3-2-4-6-12)16(21)11-23-17-19-14-9-13(18)7-8-15(14)22-17/h2-9H,10-11H2,1H3. The van der Waals surface area contributed by atoms with Crippen molar-refractivity contribution in [2.24, 2.45) is 0 Å². The normalized spacial score (nSPS) is 10.9. The Morgan fingerprint density at radius 1 is 1.26 bits per heavy atom. The number of amides is 1. The third kappa shape index (κ3) is 4.06. The lowest BCUT2D eigenvalue weighted by Gasteiger charge is -2.16. The van der Waals surface area contributed by atoms with Crippen LogP contribution in [0.25, 0.3) is 11.1 Å². The Balaban J connectivity index is 1.59. The molecule has 0 aliphatic heterocycles. The van der Waals surface area contributed by atoms with E-state index < -0.39 is 0 Å². The van der Waals surface area contributed by atoms with Gasteiger partial charge in [-0.2, -0.15) is 0 Å². The third-order valence-electron chi connectivity index (χ3n) is 3.34. The highest BCUT2D eigenvalue weighted by molar-refractivity contribution is 7.99. The highest BCUT2D eigenvalue weighted by Crippen LogP contribution is 2.25. The van der Waals surface area contributed by atoms with Crippen molar-refractivity contribution in [2.75, 3.05) is 12.8 Å². The van der Waals surface area contributed by atoms with Gasteiger partial charge in [0.1, 0.15) is 5.52 Å². The molecule has 4 nitrogen and oxygen atoms in total. The number of carbonyl (C=O) groups excluding carboxylic acids is 1. The van der Waals surface area contributed by atoms with Gasteiger partial charge in [-0.05, 0) is 23.8 Å². The molecule has 0 atom stereocenters. The number of fused-ring (bicyclic) bond motifs is 1. The third-order valence-corrected chi connectivity index (χ3v) is 4.39. The lowest BCUT2D eigenvalue weighted by atomic mass is 10.2. The summed E-state index contributed by atoms with van der Waals surface area (Å²) in [5.74, 6) is 0.309. The summed E-state index contributed by atoms with van der Waals surface area (Å²) in [7, 11) is 1.79. The van der Waals surface area contributed by atoms with Crippen LogP contribution < -0.4 is 0 Å². The van der Waals surface area contributed by atoms with Crippen molar-refractivity contribution in [3.8, 4) is 0 Å². The summed E-state index contributed by atoms with van der Waals surface area (Å²) in [5.41, 5.74) is 2.47. The predicted molar refractivity (Wildman–Crippen MR) is 92.7 cm³/mol. The number of carbonyl (C=O) groups is 1.